The number of amides is 2. The predicted molar refractivity (Wildman–Crippen MR) is 88.0 cm³/mol. The lowest BCUT2D eigenvalue weighted by molar-refractivity contribution is 0.256. The maximum Gasteiger partial charge on any atom is 0.335 e. The van der Waals surface area contributed by atoms with Crippen molar-refractivity contribution in [2.75, 3.05) is 5.32 Å². The van der Waals surface area contributed by atoms with E-state index < -0.39 is 16.1 Å². The molecule has 3 aromatic rings. The lowest BCUT2D eigenvalue weighted by Crippen LogP contribution is -2.35. The zero-order valence-electron chi connectivity index (χ0n) is 13.0. The largest absolute Gasteiger partial charge is 0.444 e. The number of nitrogens with one attached hydrogen (secondary N) is 2. The first-order chi connectivity index (χ1) is 12.0. The van der Waals surface area contributed by atoms with Gasteiger partial charge in [-0.15, -0.1) is 0 Å². The lowest BCUT2D eigenvalue weighted by atomic mass is 10.2. The first kappa shape index (κ1) is 16.6. The Morgan fingerprint density at radius 3 is 2.64 bits per heavy atom. The third-order valence-corrected chi connectivity index (χ3v) is 4.48. The zero-order valence-corrected chi connectivity index (χ0v) is 13.8. The summed E-state index contributed by atoms with van der Waals surface area (Å²) in [4.78, 5) is 23.6. The molecule has 0 bridgehead atoms. The van der Waals surface area contributed by atoms with Crippen LogP contribution in [-0.4, -0.2) is 29.4 Å². The smallest absolute Gasteiger partial charge is 0.335 e. The number of anilines is 1. The van der Waals surface area contributed by atoms with Crippen LogP contribution in [0.5, 0.6) is 0 Å². The molecule has 128 valence electrons. The maximum atomic E-state index is 12.5. The third-order valence-electron chi connectivity index (χ3n) is 3.09. The molecule has 0 fully saturated rings. The molecule has 0 unspecified atom stereocenters. The van der Waals surface area contributed by atoms with Crippen molar-refractivity contribution in [3.05, 3.63) is 54.7 Å². The fraction of sp³-hybridized carbons (Fsp3) is 0.0667. The highest BCUT2D eigenvalue weighted by atomic mass is 32.2. The number of carbonyl (C=O) groups is 1. The summed E-state index contributed by atoms with van der Waals surface area (Å²) in [6.07, 6.45) is 4.17. The SMILES string of the molecule is Cc1ccnc(NC(=O)NS(=O)(=O)c2ccccc2-c2ncco2)n1. The number of nitrogens with zero attached hydrogens (tertiary/aromatic N) is 3. The van der Waals surface area contributed by atoms with Gasteiger partial charge in [0.05, 0.1) is 11.8 Å². The van der Waals surface area contributed by atoms with Crippen LogP contribution < -0.4 is 10.0 Å². The van der Waals surface area contributed by atoms with E-state index in [0.29, 0.717) is 5.69 Å². The molecular weight excluding hydrogens is 346 g/mol. The van der Waals surface area contributed by atoms with Gasteiger partial charge in [0.2, 0.25) is 11.8 Å². The summed E-state index contributed by atoms with van der Waals surface area (Å²) in [6.45, 7) is 1.72. The Bertz CT molecular complexity index is 1000. The van der Waals surface area contributed by atoms with Gasteiger partial charge in [-0.2, -0.15) is 0 Å². The van der Waals surface area contributed by atoms with E-state index in [9.17, 15) is 13.2 Å². The Morgan fingerprint density at radius 1 is 1.12 bits per heavy atom. The molecule has 0 aliphatic carbocycles. The molecule has 0 aliphatic rings. The van der Waals surface area contributed by atoms with E-state index in [1.165, 1.54) is 36.9 Å². The Morgan fingerprint density at radius 2 is 1.92 bits per heavy atom. The van der Waals surface area contributed by atoms with E-state index in [2.05, 4.69) is 20.3 Å². The molecule has 2 heterocycles. The van der Waals surface area contributed by atoms with Gasteiger partial charge < -0.3 is 4.42 Å². The molecule has 2 aromatic heterocycles. The minimum absolute atomic E-state index is 0.00585. The van der Waals surface area contributed by atoms with Crippen molar-refractivity contribution in [1.29, 1.82) is 0 Å². The third kappa shape index (κ3) is 3.80. The highest BCUT2D eigenvalue weighted by Gasteiger charge is 2.23. The maximum absolute atomic E-state index is 12.5. The quantitative estimate of drug-likeness (QED) is 0.729. The number of sulfonamides is 1. The number of rotatable bonds is 4. The fourth-order valence-electron chi connectivity index (χ4n) is 2.05. The Hall–Kier alpha value is -3.27. The van der Waals surface area contributed by atoms with Gasteiger partial charge in [0, 0.05) is 11.9 Å². The molecule has 3 rings (SSSR count). The summed E-state index contributed by atoms with van der Waals surface area (Å²) in [5.74, 6) is 0.122. The fourth-order valence-corrected chi connectivity index (χ4v) is 3.15. The van der Waals surface area contributed by atoms with Crippen molar-refractivity contribution in [2.45, 2.75) is 11.8 Å². The molecule has 0 spiro atoms. The Balaban J connectivity index is 1.84. The molecule has 1 aromatic carbocycles. The van der Waals surface area contributed by atoms with E-state index >= 15 is 0 Å². The average molecular weight is 359 g/mol. The van der Waals surface area contributed by atoms with E-state index in [1.807, 2.05) is 4.72 Å². The number of hydrogen-bond donors (Lipinski definition) is 2. The van der Waals surface area contributed by atoms with E-state index in [0.717, 1.165) is 0 Å². The van der Waals surface area contributed by atoms with Crippen LogP contribution in [0.4, 0.5) is 10.7 Å². The van der Waals surface area contributed by atoms with Crippen LogP contribution >= 0.6 is 0 Å². The molecule has 2 N–H and O–H groups in total. The number of aryl methyl sites for hydroxylation is 1. The second kappa shape index (κ2) is 6.69. The number of aromatic nitrogens is 3. The van der Waals surface area contributed by atoms with Crippen molar-refractivity contribution in [3.8, 4) is 11.5 Å². The summed E-state index contributed by atoms with van der Waals surface area (Å²) in [5.41, 5.74) is 0.863. The van der Waals surface area contributed by atoms with E-state index in [-0.39, 0.29) is 22.3 Å². The van der Waals surface area contributed by atoms with Crippen LogP contribution in [0, 0.1) is 6.92 Å². The molecule has 0 aliphatic heterocycles. The standard InChI is InChI=1S/C15H13N5O4S/c1-10-6-7-17-14(18-10)19-15(21)20-25(22,23)12-5-3-2-4-11(12)13-16-8-9-24-13/h2-9H,1H3,(H2,17,18,19,20,21). The lowest BCUT2D eigenvalue weighted by Gasteiger charge is -2.10. The first-order valence-electron chi connectivity index (χ1n) is 7.08. The molecule has 0 atom stereocenters. The normalized spacial score (nSPS) is 11.1. The van der Waals surface area contributed by atoms with Crippen molar-refractivity contribution < 1.29 is 17.6 Å². The number of benzene rings is 1. The topological polar surface area (TPSA) is 127 Å². The Labute approximate surface area is 143 Å². The Kier molecular flexibility index (Phi) is 4.44. The molecule has 9 nitrogen and oxygen atoms in total. The van der Waals surface area contributed by atoms with Gasteiger partial charge in [-0.25, -0.2) is 32.9 Å². The average Bonchev–Trinajstić information content (AvgIpc) is 3.08. The van der Waals surface area contributed by atoms with Gasteiger partial charge in [0.25, 0.3) is 10.0 Å². The highest BCUT2D eigenvalue weighted by molar-refractivity contribution is 7.90. The van der Waals surface area contributed by atoms with Gasteiger partial charge in [-0.3, -0.25) is 5.32 Å². The predicted octanol–water partition coefficient (Wildman–Crippen LogP) is 1.95. The van der Waals surface area contributed by atoms with Crippen LogP contribution in [-0.2, 0) is 10.0 Å². The van der Waals surface area contributed by atoms with Gasteiger partial charge in [0.1, 0.15) is 11.2 Å². The van der Waals surface area contributed by atoms with Gasteiger partial charge in [-0.05, 0) is 25.1 Å². The minimum Gasteiger partial charge on any atom is -0.444 e. The second-order valence-electron chi connectivity index (χ2n) is 4.91. The summed E-state index contributed by atoms with van der Waals surface area (Å²) in [6, 6.07) is 6.71. The number of oxazole rings is 1. The molecule has 0 saturated heterocycles. The molecule has 2 amide bonds. The van der Waals surface area contributed by atoms with Crippen molar-refractivity contribution in [3.63, 3.8) is 0 Å². The zero-order chi connectivity index (χ0) is 17.9. The molecular formula is C15H13N5O4S. The van der Waals surface area contributed by atoms with Crippen molar-refractivity contribution >= 4 is 22.0 Å². The van der Waals surface area contributed by atoms with Crippen molar-refractivity contribution in [2.24, 2.45) is 0 Å². The summed E-state index contributed by atoms with van der Waals surface area (Å²) >= 11 is 0. The van der Waals surface area contributed by atoms with Crippen LogP contribution in [0.2, 0.25) is 0 Å². The molecule has 25 heavy (non-hydrogen) atoms. The number of hydrogen-bond acceptors (Lipinski definition) is 7. The van der Waals surface area contributed by atoms with E-state index in [4.69, 9.17) is 4.42 Å². The number of carbonyl (C=O) groups excluding carboxylic acids is 1. The van der Waals surface area contributed by atoms with Crippen LogP contribution in [0.3, 0.4) is 0 Å². The second-order valence-corrected chi connectivity index (χ2v) is 6.57. The molecule has 0 saturated carbocycles. The van der Waals surface area contributed by atoms with Gasteiger partial charge >= 0.3 is 6.03 Å². The molecule has 10 heteroatoms. The van der Waals surface area contributed by atoms with Crippen molar-refractivity contribution in [1.82, 2.24) is 19.7 Å². The minimum atomic E-state index is -4.16. The monoisotopic (exact) mass is 359 g/mol. The van der Waals surface area contributed by atoms with Gasteiger partial charge in [-0.1, -0.05) is 12.1 Å². The van der Waals surface area contributed by atoms with Crippen LogP contribution in [0.25, 0.3) is 11.5 Å². The van der Waals surface area contributed by atoms with Gasteiger partial charge in [0.15, 0.2) is 0 Å². The highest BCUT2D eigenvalue weighted by Crippen LogP contribution is 2.25. The number of urea groups is 1. The first-order valence-corrected chi connectivity index (χ1v) is 8.56. The summed E-state index contributed by atoms with van der Waals surface area (Å²) in [7, 11) is -4.16. The van der Waals surface area contributed by atoms with E-state index in [1.54, 1.807) is 19.1 Å². The summed E-state index contributed by atoms with van der Waals surface area (Å²) in [5, 5.41) is 2.27. The summed E-state index contributed by atoms with van der Waals surface area (Å²) < 4.78 is 32.1. The van der Waals surface area contributed by atoms with Crippen LogP contribution in [0.15, 0.2) is 58.3 Å². The van der Waals surface area contributed by atoms with Crippen LogP contribution in [0.1, 0.15) is 5.69 Å². The molecule has 0 radical (unpaired) electrons.